The molecule has 108 valence electrons. The molecule has 0 bridgehead atoms. The zero-order valence-corrected chi connectivity index (χ0v) is 12.3. The number of hydrogen-bond donors (Lipinski definition) is 0. The summed E-state index contributed by atoms with van der Waals surface area (Å²) in [5.41, 5.74) is 4.53. The summed E-state index contributed by atoms with van der Waals surface area (Å²) in [6, 6.07) is 5.83. The van der Waals surface area contributed by atoms with Crippen LogP contribution in [0, 0.1) is 0 Å². The SMILES string of the molecule is O=C(C[n+]1ccccc1)C1=CN2CC=CC3=C2C(=C1)CC=C3. The normalized spacial score (nSPS) is 18.8. The van der Waals surface area contributed by atoms with Crippen molar-refractivity contribution in [1.82, 2.24) is 4.90 Å². The van der Waals surface area contributed by atoms with Crippen LogP contribution in [0.3, 0.4) is 0 Å². The molecular formula is C19H17N2O+. The van der Waals surface area contributed by atoms with Crippen molar-refractivity contribution in [3.8, 4) is 0 Å². The van der Waals surface area contributed by atoms with E-state index in [2.05, 4.69) is 35.3 Å². The van der Waals surface area contributed by atoms with Crippen molar-refractivity contribution in [1.29, 1.82) is 0 Å². The van der Waals surface area contributed by atoms with Crippen LogP contribution < -0.4 is 4.57 Å². The molecule has 1 aromatic heterocycles. The quantitative estimate of drug-likeness (QED) is 0.798. The van der Waals surface area contributed by atoms with Crippen LogP contribution in [0.5, 0.6) is 0 Å². The Morgan fingerprint density at radius 2 is 1.95 bits per heavy atom. The molecule has 4 rings (SSSR count). The first-order chi connectivity index (χ1) is 10.8. The van der Waals surface area contributed by atoms with Crippen molar-refractivity contribution >= 4 is 5.78 Å². The van der Waals surface area contributed by atoms with Gasteiger partial charge >= 0.3 is 0 Å². The Bertz CT molecular complexity index is 775. The summed E-state index contributed by atoms with van der Waals surface area (Å²) in [5.74, 6) is 0.147. The smallest absolute Gasteiger partial charge is 0.228 e. The largest absolute Gasteiger partial charge is 0.343 e. The summed E-state index contributed by atoms with van der Waals surface area (Å²) in [5, 5.41) is 0. The summed E-state index contributed by atoms with van der Waals surface area (Å²) in [7, 11) is 0. The summed E-state index contributed by atoms with van der Waals surface area (Å²) in [6.07, 6.45) is 17.4. The van der Waals surface area contributed by atoms with Crippen LogP contribution >= 0.6 is 0 Å². The minimum atomic E-state index is 0.147. The van der Waals surface area contributed by atoms with Gasteiger partial charge in [0.05, 0.1) is 5.70 Å². The summed E-state index contributed by atoms with van der Waals surface area (Å²) >= 11 is 0. The second kappa shape index (κ2) is 5.26. The van der Waals surface area contributed by atoms with E-state index >= 15 is 0 Å². The number of aromatic nitrogens is 1. The highest BCUT2D eigenvalue weighted by atomic mass is 16.1. The zero-order valence-electron chi connectivity index (χ0n) is 12.3. The van der Waals surface area contributed by atoms with Gasteiger partial charge in [-0.15, -0.1) is 0 Å². The maximum atomic E-state index is 12.6. The lowest BCUT2D eigenvalue weighted by Gasteiger charge is -2.34. The maximum Gasteiger partial charge on any atom is 0.228 e. The number of pyridine rings is 1. The molecule has 3 nitrogen and oxygen atoms in total. The topological polar surface area (TPSA) is 24.2 Å². The van der Waals surface area contributed by atoms with Crippen LogP contribution in [0.1, 0.15) is 6.42 Å². The predicted octanol–water partition coefficient (Wildman–Crippen LogP) is 2.45. The molecule has 1 aliphatic carbocycles. The van der Waals surface area contributed by atoms with Gasteiger partial charge in [-0.2, -0.15) is 4.57 Å². The molecule has 3 heterocycles. The first kappa shape index (κ1) is 13.0. The number of hydrogen-bond acceptors (Lipinski definition) is 2. The monoisotopic (exact) mass is 289 g/mol. The van der Waals surface area contributed by atoms with E-state index in [4.69, 9.17) is 0 Å². The van der Waals surface area contributed by atoms with Crippen LogP contribution in [0.25, 0.3) is 0 Å². The lowest BCUT2D eigenvalue weighted by molar-refractivity contribution is -0.684. The molecule has 2 aliphatic heterocycles. The number of carbonyl (C=O) groups is 1. The summed E-state index contributed by atoms with van der Waals surface area (Å²) in [6.45, 7) is 1.21. The lowest BCUT2D eigenvalue weighted by Crippen LogP contribution is -2.38. The third kappa shape index (κ3) is 2.25. The van der Waals surface area contributed by atoms with Crippen molar-refractivity contribution in [2.75, 3.05) is 6.54 Å². The molecule has 22 heavy (non-hydrogen) atoms. The Morgan fingerprint density at radius 3 is 2.82 bits per heavy atom. The molecule has 0 saturated carbocycles. The van der Waals surface area contributed by atoms with E-state index in [1.54, 1.807) is 0 Å². The van der Waals surface area contributed by atoms with Gasteiger partial charge in [0.2, 0.25) is 12.3 Å². The van der Waals surface area contributed by atoms with Crippen molar-refractivity contribution in [2.24, 2.45) is 0 Å². The van der Waals surface area contributed by atoms with Gasteiger partial charge in [-0.1, -0.05) is 30.4 Å². The lowest BCUT2D eigenvalue weighted by atomic mass is 9.90. The van der Waals surface area contributed by atoms with Gasteiger partial charge in [-0.25, -0.2) is 0 Å². The molecule has 0 radical (unpaired) electrons. The highest BCUT2D eigenvalue weighted by Crippen LogP contribution is 2.35. The van der Waals surface area contributed by atoms with Gasteiger partial charge in [-0.05, 0) is 23.6 Å². The standard InChI is InChI=1S/C19H17N2O/c22-18(14-20-9-2-1-3-10-20)17-12-16-7-4-6-15-8-5-11-21(13-17)19(15)16/h1-6,8-10,12-13H,7,11,14H2/q+1. The fourth-order valence-corrected chi connectivity index (χ4v) is 3.13. The van der Waals surface area contributed by atoms with E-state index in [-0.39, 0.29) is 5.78 Å². The van der Waals surface area contributed by atoms with Gasteiger partial charge in [0.15, 0.2) is 12.4 Å². The van der Waals surface area contributed by atoms with Crippen LogP contribution in [-0.2, 0) is 11.3 Å². The fourth-order valence-electron chi connectivity index (χ4n) is 3.13. The third-order valence-electron chi connectivity index (χ3n) is 4.15. The van der Waals surface area contributed by atoms with Gasteiger partial charge in [0, 0.05) is 30.5 Å². The van der Waals surface area contributed by atoms with E-state index in [9.17, 15) is 4.79 Å². The van der Waals surface area contributed by atoms with E-state index in [0.717, 1.165) is 18.5 Å². The minimum Gasteiger partial charge on any atom is -0.343 e. The van der Waals surface area contributed by atoms with Gasteiger partial charge in [0.25, 0.3) is 0 Å². The highest BCUT2D eigenvalue weighted by Gasteiger charge is 2.26. The van der Waals surface area contributed by atoms with Crippen molar-refractivity contribution in [2.45, 2.75) is 13.0 Å². The first-order valence-electron chi connectivity index (χ1n) is 7.55. The Balaban J connectivity index is 1.63. The predicted molar refractivity (Wildman–Crippen MR) is 84.4 cm³/mol. The van der Waals surface area contributed by atoms with Gasteiger partial charge in [0.1, 0.15) is 0 Å². The molecule has 0 saturated heterocycles. The number of rotatable bonds is 3. The maximum absolute atomic E-state index is 12.6. The van der Waals surface area contributed by atoms with Crippen LogP contribution in [0.4, 0.5) is 0 Å². The number of Topliss-reactive ketones (excluding diaryl/α,β-unsaturated/α-hetero) is 1. The Hall–Kier alpha value is -2.68. The molecule has 0 amide bonds. The summed E-state index contributed by atoms with van der Waals surface area (Å²) in [4.78, 5) is 14.8. The number of allylic oxidation sites excluding steroid dienone is 7. The average molecular weight is 289 g/mol. The van der Waals surface area contributed by atoms with E-state index in [1.807, 2.05) is 41.4 Å². The second-order valence-corrected chi connectivity index (χ2v) is 5.69. The molecule has 3 heteroatoms. The van der Waals surface area contributed by atoms with Crippen LogP contribution in [-0.4, -0.2) is 17.2 Å². The van der Waals surface area contributed by atoms with E-state index in [1.165, 1.54) is 16.8 Å². The third-order valence-corrected chi connectivity index (χ3v) is 4.15. The van der Waals surface area contributed by atoms with E-state index < -0.39 is 0 Å². The number of carbonyl (C=O) groups excluding carboxylic acids is 1. The minimum absolute atomic E-state index is 0.147. The van der Waals surface area contributed by atoms with Gasteiger partial charge < -0.3 is 4.90 Å². The molecule has 0 N–H and O–H groups in total. The first-order valence-corrected chi connectivity index (χ1v) is 7.55. The average Bonchev–Trinajstić information content (AvgIpc) is 2.56. The molecule has 0 unspecified atom stereocenters. The fraction of sp³-hybridized carbons (Fsp3) is 0.158. The van der Waals surface area contributed by atoms with E-state index in [0.29, 0.717) is 6.54 Å². The van der Waals surface area contributed by atoms with Crippen LogP contribution in [0.15, 0.2) is 89.6 Å². The number of nitrogens with zero attached hydrogens (tertiary/aromatic N) is 2. The molecular weight excluding hydrogens is 272 g/mol. The second-order valence-electron chi connectivity index (χ2n) is 5.69. The van der Waals surface area contributed by atoms with Gasteiger partial charge in [-0.3, -0.25) is 4.79 Å². The summed E-state index contributed by atoms with van der Waals surface area (Å²) < 4.78 is 1.91. The molecule has 3 aliphatic rings. The molecule has 0 fully saturated rings. The Kier molecular flexibility index (Phi) is 3.11. The zero-order chi connectivity index (χ0) is 14.9. The Labute approximate surface area is 129 Å². The number of ketones is 1. The Morgan fingerprint density at radius 1 is 1.14 bits per heavy atom. The molecule has 0 spiro atoms. The highest BCUT2D eigenvalue weighted by molar-refractivity contribution is 5.97. The molecule has 0 atom stereocenters. The molecule has 0 aromatic carbocycles. The van der Waals surface area contributed by atoms with Crippen molar-refractivity contribution in [3.05, 3.63) is 89.6 Å². The van der Waals surface area contributed by atoms with Crippen LogP contribution in [0.2, 0.25) is 0 Å². The van der Waals surface area contributed by atoms with Crippen molar-refractivity contribution < 1.29 is 9.36 Å². The van der Waals surface area contributed by atoms with Crippen molar-refractivity contribution in [3.63, 3.8) is 0 Å². The molecule has 1 aromatic rings.